The Kier molecular flexibility index (Phi) is 11.4. The van der Waals surface area contributed by atoms with Crippen LogP contribution in [0.3, 0.4) is 0 Å². The van der Waals surface area contributed by atoms with Crippen molar-refractivity contribution in [2.75, 3.05) is 65.0 Å². The van der Waals surface area contributed by atoms with Crippen LogP contribution >= 0.6 is 0 Å². The lowest BCUT2D eigenvalue weighted by atomic mass is 10.0. The Hall–Kier alpha value is -3.45. The predicted molar refractivity (Wildman–Crippen MR) is 165 cm³/mol. The average molecular weight is 619 g/mol. The van der Waals surface area contributed by atoms with E-state index in [9.17, 15) is 22.8 Å². The highest BCUT2D eigenvalue weighted by Crippen LogP contribution is 2.36. The number of hydrogen-bond acceptors (Lipinski definition) is 8. The number of hydrogen-bond donors (Lipinski definition) is 3. The Morgan fingerprint density at radius 2 is 1.73 bits per heavy atom. The molecule has 4 rings (SSSR count). The number of halogens is 3. The normalized spacial score (nSPS) is 19.6. The summed E-state index contributed by atoms with van der Waals surface area (Å²) >= 11 is 0. The molecule has 2 fully saturated rings. The summed E-state index contributed by atoms with van der Waals surface area (Å²) in [6, 6.07) is 6.60. The van der Waals surface area contributed by atoms with Gasteiger partial charge in [0, 0.05) is 49.0 Å². The first-order valence-electron chi connectivity index (χ1n) is 15.4. The SMILES string of the molecule is CN(C)CCCCNC(=O)C1CC[C@@H](Nc2nc(Nc3ccc(C(=O)N(C)C4CCN(C)CC4)cc3)ncc2C(F)(F)F)C1. The van der Waals surface area contributed by atoms with Crippen molar-refractivity contribution in [1.82, 2.24) is 30.0 Å². The Balaban J connectivity index is 1.35. The van der Waals surface area contributed by atoms with Crippen molar-refractivity contribution in [1.29, 1.82) is 0 Å². The second kappa shape index (κ2) is 15.0. The molecule has 0 spiro atoms. The number of piperidine rings is 1. The zero-order valence-corrected chi connectivity index (χ0v) is 26.1. The van der Waals surface area contributed by atoms with Crippen molar-refractivity contribution < 1.29 is 22.8 Å². The third kappa shape index (κ3) is 9.28. The van der Waals surface area contributed by atoms with Gasteiger partial charge in [-0.2, -0.15) is 18.2 Å². The fraction of sp³-hybridized carbons (Fsp3) is 0.613. The highest BCUT2D eigenvalue weighted by molar-refractivity contribution is 5.94. The molecule has 2 aliphatic rings. The lowest BCUT2D eigenvalue weighted by molar-refractivity contribution is -0.137. The van der Waals surface area contributed by atoms with E-state index in [0.29, 0.717) is 37.1 Å². The van der Waals surface area contributed by atoms with Gasteiger partial charge < -0.3 is 30.7 Å². The van der Waals surface area contributed by atoms with Crippen molar-refractivity contribution >= 4 is 29.3 Å². The maximum absolute atomic E-state index is 13.8. The number of likely N-dealkylation sites (tertiary alicyclic amines) is 1. The zero-order valence-electron chi connectivity index (χ0n) is 26.1. The molecule has 2 atom stereocenters. The number of nitrogens with zero attached hydrogens (tertiary/aromatic N) is 5. The molecule has 2 aromatic rings. The summed E-state index contributed by atoms with van der Waals surface area (Å²) in [6.07, 6.45) is 1.39. The standard InChI is InChI=1S/C31H45F3N8O2/c1-40(2)16-6-5-15-35-28(43)22-9-12-24(19-22)37-27-26(31(32,33)34)20-36-30(39-27)38-23-10-7-21(8-11-23)29(44)42(4)25-13-17-41(3)18-14-25/h7-8,10-11,20,22,24-25H,5-6,9,12-19H2,1-4H3,(H,35,43)(H2,36,37,38,39)/t22?,24-/m1/s1. The smallest absolute Gasteiger partial charge is 0.367 e. The third-order valence-electron chi connectivity index (χ3n) is 8.51. The lowest BCUT2D eigenvalue weighted by Crippen LogP contribution is -2.44. The maximum atomic E-state index is 13.8. The highest BCUT2D eigenvalue weighted by Gasteiger charge is 2.37. The Labute approximate surface area is 257 Å². The molecule has 242 valence electrons. The van der Waals surface area contributed by atoms with E-state index in [0.717, 1.165) is 51.5 Å². The molecule has 1 saturated carbocycles. The van der Waals surface area contributed by atoms with Gasteiger partial charge in [0.05, 0.1) is 0 Å². The minimum Gasteiger partial charge on any atom is -0.367 e. The van der Waals surface area contributed by atoms with Crippen LogP contribution in [0.1, 0.15) is 60.9 Å². The molecule has 3 N–H and O–H groups in total. The first-order valence-corrected chi connectivity index (χ1v) is 15.4. The van der Waals surface area contributed by atoms with Crippen LogP contribution in [-0.4, -0.2) is 103 Å². The second-order valence-corrected chi connectivity index (χ2v) is 12.3. The van der Waals surface area contributed by atoms with Crippen molar-refractivity contribution in [2.24, 2.45) is 5.92 Å². The van der Waals surface area contributed by atoms with Crippen LogP contribution in [-0.2, 0) is 11.0 Å². The Morgan fingerprint density at radius 1 is 1.02 bits per heavy atom. The van der Waals surface area contributed by atoms with Crippen LogP contribution in [0.15, 0.2) is 30.5 Å². The van der Waals surface area contributed by atoms with Gasteiger partial charge in [-0.25, -0.2) is 4.98 Å². The second-order valence-electron chi connectivity index (χ2n) is 12.3. The number of anilines is 3. The molecule has 0 radical (unpaired) electrons. The summed E-state index contributed by atoms with van der Waals surface area (Å²) in [7, 11) is 7.90. The summed E-state index contributed by atoms with van der Waals surface area (Å²) < 4.78 is 41.5. The molecule has 1 aliphatic heterocycles. The van der Waals surface area contributed by atoms with Gasteiger partial charge in [-0.3, -0.25) is 9.59 Å². The molecule has 1 aromatic heterocycles. The number of aromatic nitrogens is 2. The minimum absolute atomic E-state index is 0.00645. The number of benzene rings is 1. The van der Waals surface area contributed by atoms with Gasteiger partial charge in [-0.05, 0) is 110 Å². The van der Waals surface area contributed by atoms with Crippen molar-refractivity contribution in [3.05, 3.63) is 41.6 Å². The number of alkyl halides is 3. The molecule has 1 saturated heterocycles. The summed E-state index contributed by atoms with van der Waals surface area (Å²) in [5, 5.41) is 8.85. The molecule has 13 heteroatoms. The van der Waals surface area contributed by atoms with Gasteiger partial charge in [0.15, 0.2) is 0 Å². The summed E-state index contributed by atoms with van der Waals surface area (Å²) in [5.74, 6) is -0.713. The van der Waals surface area contributed by atoms with Gasteiger partial charge in [0.1, 0.15) is 11.4 Å². The maximum Gasteiger partial charge on any atom is 0.421 e. The van der Waals surface area contributed by atoms with Crippen LogP contribution in [0, 0.1) is 5.92 Å². The Morgan fingerprint density at radius 3 is 2.39 bits per heavy atom. The van der Waals surface area contributed by atoms with E-state index in [4.69, 9.17) is 0 Å². The fourth-order valence-corrected chi connectivity index (χ4v) is 5.79. The predicted octanol–water partition coefficient (Wildman–Crippen LogP) is 4.44. The molecular formula is C31H45F3N8O2. The Bertz CT molecular complexity index is 1250. The molecule has 44 heavy (non-hydrogen) atoms. The molecule has 2 heterocycles. The number of unbranched alkanes of at least 4 members (excludes halogenated alkanes) is 1. The van der Waals surface area contributed by atoms with Gasteiger partial charge in [-0.1, -0.05) is 0 Å². The quantitative estimate of drug-likeness (QED) is 0.300. The van der Waals surface area contributed by atoms with E-state index in [2.05, 4.69) is 42.8 Å². The zero-order chi connectivity index (χ0) is 31.9. The molecule has 10 nitrogen and oxygen atoms in total. The number of nitrogens with one attached hydrogen (secondary N) is 3. The van der Waals surface area contributed by atoms with E-state index in [-0.39, 0.29) is 41.6 Å². The number of rotatable bonds is 12. The van der Waals surface area contributed by atoms with Crippen molar-refractivity contribution in [2.45, 2.75) is 63.2 Å². The van der Waals surface area contributed by atoms with Crippen LogP contribution in [0.5, 0.6) is 0 Å². The largest absolute Gasteiger partial charge is 0.421 e. The minimum atomic E-state index is -4.65. The molecule has 0 bridgehead atoms. The van der Waals surface area contributed by atoms with Gasteiger partial charge in [0.2, 0.25) is 11.9 Å². The van der Waals surface area contributed by atoms with Crippen molar-refractivity contribution in [3.63, 3.8) is 0 Å². The summed E-state index contributed by atoms with van der Waals surface area (Å²) in [5.41, 5.74) is 0.105. The molecular weight excluding hydrogens is 573 g/mol. The van der Waals surface area contributed by atoms with Gasteiger partial charge in [-0.15, -0.1) is 0 Å². The molecule has 1 aliphatic carbocycles. The molecule has 2 amide bonds. The van der Waals surface area contributed by atoms with Crippen LogP contribution in [0.4, 0.5) is 30.6 Å². The van der Waals surface area contributed by atoms with E-state index < -0.39 is 11.7 Å². The number of carbonyl (C=O) groups is 2. The first-order chi connectivity index (χ1) is 20.9. The van der Waals surface area contributed by atoms with E-state index >= 15 is 0 Å². The monoisotopic (exact) mass is 618 g/mol. The summed E-state index contributed by atoms with van der Waals surface area (Å²) in [6.45, 7) is 3.43. The number of amides is 2. The van der Waals surface area contributed by atoms with E-state index in [1.165, 1.54) is 0 Å². The topological polar surface area (TPSA) is 106 Å². The lowest BCUT2D eigenvalue weighted by Gasteiger charge is -2.35. The number of carbonyl (C=O) groups excluding carboxylic acids is 2. The van der Waals surface area contributed by atoms with Crippen LogP contribution in [0.2, 0.25) is 0 Å². The van der Waals surface area contributed by atoms with E-state index in [1.807, 2.05) is 21.1 Å². The van der Waals surface area contributed by atoms with Gasteiger partial charge in [0.25, 0.3) is 5.91 Å². The highest BCUT2D eigenvalue weighted by atomic mass is 19.4. The van der Waals surface area contributed by atoms with Gasteiger partial charge >= 0.3 is 6.18 Å². The third-order valence-corrected chi connectivity index (χ3v) is 8.51. The molecule has 1 unspecified atom stereocenters. The summed E-state index contributed by atoms with van der Waals surface area (Å²) in [4.78, 5) is 39.9. The van der Waals surface area contributed by atoms with Crippen LogP contribution < -0.4 is 16.0 Å². The van der Waals surface area contributed by atoms with Crippen molar-refractivity contribution in [3.8, 4) is 0 Å². The van der Waals surface area contributed by atoms with Crippen LogP contribution in [0.25, 0.3) is 0 Å². The average Bonchev–Trinajstić information content (AvgIpc) is 3.45. The fourth-order valence-electron chi connectivity index (χ4n) is 5.79. The first kappa shape index (κ1) is 33.4. The molecule has 1 aromatic carbocycles. The van der Waals surface area contributed by atoms with E-state index in [1.54, 1.807) is 29.2 Å².